The number of rotatable bonds is 3. The molecule has 0 amide bonds. The van der Waals surface area contributed by atoms with Gasteiger partial charge in [-0.3, -0.25) is 0 Å². The van der Waals surface area contributed by atoms with Crippen molar-refractivity contribution < 1.29 is 29.2 Å². The van der Waals surface area contributed by atoms with Crippen molar-refractivity contribution >= 4 is 6.08 Å². The summed E-state index contributed by atoms with van der Waals surface area (Å²) in [5.74, 6) is 2.36. The van der Waals surface area contributed by atoms with Crippen LogP contribution >= 0.6 is 0 Å². The Morgan fingerprint density at radius 3 is 2.69 bits per heavy atom. The second kappa shape index (κ2) is 7.12. The molecule has 0 saturated heterocycles. The van der Waals surface area contributed by atoms with E-state index >= 15 is 0 Å². The number of hydrogen-bond acceptors (Lipinski definition) is 6. The monoisotopic (exact) mass is 436 g/mol. The lowest BCUT2D eigenvalue weighted by atomic mass is 9.86. The van der Waals surface area contributed by atoms with E-state index in [-0.39, 0.29) is 23.5 Å². The second-order valence-corrected chi connectivity index (χ2v) is 9.36. The minimum atomic E-state index is -0.514. The van der Waals surface area contributed by atoms with Gasteiger partial charge in [0.1, 0.15) is 34.7 Å². The number of phenolic OH excluding ortho intramolecular Hbond substituents is 2. The van der Waals surface area contributed by atoms with E-state index in [2.05, 4.69) is 0 Å². The molecule has 3 aliphatic heterocycles. The van der Waals surface area contributed by atoms with E-state index in [1.165, 1.54) is 0 Å². The van der Waals surface area contributed by atoms with Crippen LogP contribution < -0.4 is 18.9 Å². The first-order chi connectivity index (χ1) is 15.2. The summed E-state index contributed by atoms with van der Waals surface area (Å²) in [6.45, 7) is 8.29. The van der Waals surface area contributed by atoms with Crippen LogP contribution in [0, 0.1) is 0 Å². The lowest BCUT2D eigenvalue weighted by Crippen LogP contribution is -2.27. The molecule has 0 aromatic heterocycles. The third-order valence-corrected chi connectivity index (χ3v) is 6.29. The van der Waals surface area contributed by atoms with Crippen molar-refractivity contribution in [3.63, 3.8) is 0 Å². The molecule has 6 heteroatoms. The Labute approximate surface area is 187 Å². The molecule has 6 nitrogen and oxygen atoms in total. The fourth-order valence-electron chi connectivity index (χ4n) is 4.72. The summed E-state index contributed by atoms with van der Waals surface area (Å²) in [6.07, 6.45) is 6.14. The van der Waals surface area contributed by atoms with Crippen LogP contribution in [-0.4, -0.2) is 29.5 Å². The van der Waals surface area contributed by atoms with Gasteiger partial charge >= 0.3 is 0 Å². The van der Waals surface area contributed by atoms with Crippen LogP contribution in [0.5, 0.6) is 34.5 Å². The molecular weight excluding hydrogens is 408 g/mol. The third kappa shape index (κ3) is 3.08. The molecule has 0 aliphatic carbocycles. The van der Waals surface area contributed by atoms with Crippen LogP contribution in [0.3, 0.4) is 0 Å². The fraction of sp³-hybridized carbons (Fsp3) is 0.385. The van der Waals surface area contributed by atoms with E-state index in [0.29, 0.717) is 41.6 Å². The predicted molar refractivity (Wildman–Crippen MR) is 121 cm³/mol. The molecule has 0 spiro atoms. The summed E-state index contributed by atoms with van der Waals surface area (Å²) in [7, 11) is 1.60. The van der Waals surface area contributed by atoms with Gasteiger partial charge in [0.15, 0.2) is 11.5 Å². The van der Waals surface area contributed by atoms with Crippen LogP contribution in [0.25, 0.3) is 6.08 Å². The summed E-state index contributed by atoms with van der Waals surface area (Å²) >= 11 is 0. The standard InChI is InChI=1S/C26H28O6/c1-13(2)6-7-14-18(27)11-20-21(24(14)29-5)25-17(12-30-20)16-10-19(28)23-15(22(16)31-25)8-9-26(3,4)32-23/h6,8-11,17,25,27-28H,7,12H2,1-5H3/t17-,25+/m0/s1. The summed E-state index contributed by atoms with van der Waals surface area (Å²) in [5.41, 5.74) is 3.74. The molecule has 2 N–H and O–H groups in total. The molecule has 168 valence electrons. The molecule has 2 aromatic carbocycles. The van der Waals surface area contributed by atoms with Crippen LogP contribution in [0.1, 0.15) is 62.0 Å². The number of fused-ring (bicyclic) bond motifs is 7. The van der Waals surface area contributed by atoms with Crippen LogP contribution in [0.15, 0.2) is 29.9 Å². The Morgan fingerprint density at radius 2 is 1.97 bits per heavy atom. The van der Waals surface area contributed by atoms with Gasteiger partial charge in [0.2, 0.25) is 0 Å². The zero-order chi connectivity index (χ0) is 22.8. The Morgan fingerprint density at radius 1 is 1.19 bits per heavy atom. The summed E-state index contributed by atoms with van der Waals surface area (Å²) in [4.78, 5) is 0. The van der Waals surface area contributed by atoms with Crippen LogP contribution in [-0.2, 0) is 6.42 Å². The van der Waals surface area contributed by atoms with Gasteiger partial charge in [-0.1, -0.05) is 11.6 Å². The quantitative estimate of drug-likeness (QED) is 0.627. The number of phenols is 2. The minimum Gasteiger partial charge on any atom is -0.507 e. The Hall–Kier alpha value is -3.28. The molecular formula is C26H28O6. The summed E-state index contributed by atoms with van der Waals surface area (Å²) < 4.78 is 24.4. The maximum atomic E-state index is 10.7. The number of aromatic hydroxyl groups is 2. The Balaban J connectivity index is 1.64. The van der Waals surface area contributed by atoms with Crippen molar-refractivity contribution in [2.24, 2.45) is 0 Å². The van der Waals surface area contributed by atoms with Gasteiger partial charge in [0, 0.05) is 17.2 Å². The van der Waals surface area contributed by atoms with Gasteiger partial charge in [-0.25, -0.2) is 0 Å². The van der Waals surface area contributed by atoms with E-state index < -0.39 is 5.60 Å². The van der Waals surface area contributed by atoms with Crippen molar-refractivity contribution in [3.05, 3.63) is 52.1 Å². The van der Waals surface area contributed by atoms with Crippen LogP contribution in [0.2, 0.25) is 0 Å². The highest BCUT2D eigenvalue weighted by Gasteiger charge is 2.46. The number of methoxy groups -OCH3 is 1. The van der Waals surface area contributed by atoms with E-state index in [1.54, 1.807) is 19.2 Å². The van der Waals surface area contributed by atoms with Crippen molar-refractivity contribution in [2.75, 3.05) is 13.7 Å². The molecule has 32 heavy (non-hydrogen) atoms. The van der Waals surface area contributed by atoms with Gasteiger partial charge in [0.25, 0.3) is 0 Å². The van der Waals surface area contributed by atoms with Crippen LogP contribution in [0.4, 0.5) is 0 Å². The van der Waals surface area contributed by atoms with Gasteiger partial charge in [-0.2, -0.15) is 0 Å². The highest BCUT2D eigenvalue weighted by Crippen LogP contribution is 2.59. The molecule has 3 heterocycles. The van der Waals surface area contributed by atoms with Crippen molar-refractivity contribution in [1.82, 2.24) is 0 Å². The van der Waals surface area contributed by atoms with E-state index in [9.17, 15) is 10.2 Å². The number of ether oxygens (including phenoxy) is 4. The maximum absolute atomic E-state index is 10.7. The highest BCUT2D eigenvalue weighted by atomic mass is 16.5. The minimum absolute atomic E-state index is 0.0909. The average molecular weight is 437 g/mol. The van der Waals surface area contributed by atoms with Gasteiger partial charge in [-0.05, 0) is 52.3 Å². The van der Waals surface area contributed by atoms with Crippen molar-refractivity contribution in [2.45, 2.75) is 51.7 Å². The molecule has 0 fully saturated rings. The summed E-state index contributed by atoms with van der Waals surface area (Å²) in [6, 6.07) is 3.37. The first-order valence-corrected chi connectivity index (χ1v) is 10.8. The molecule has 3 aliphatic rings. The predicted octanol–water partition coefficient (Wildman–Crippen LogP) is 5.41. The maximum Gasteiger partial charge on any atom is 0.173 e. The molecule has 0 saturated carbocycles. The summed E-state index contributed by atoms with van der Waals surface area (Å²) in [5, 5.41) is 21.4. The van der Waals surface area contributed by atoms with Gasteiger partial charge in [0.05, 0.1) is 30.8 Å². The smallest absolute Gasteiger partial charge is 0.173 e. The molecule has 0 unspecified atom stereocenters. The first kappa shape index (κ1) is 20.6. The number of hydrogen-bond donors (Lipinski definition) is 2. The molecule has 2 aromatic rings. The lowest BCUT2D eigenvalue weighted by molar-refractivity contribution is 0.132. The SMILES string of the molecule is COc1c(CC=C(C)C)c(O)cc2c1[C@@H]1Oc3c(cc(O)c4c3C=CC(C)(C)O4)[C@@H]1CO2. The molecule has 0 radical (unpaired) electrons. The highest BCUT2D eigenvalue weighted by molar-refractivity contribution is 5.75. The van der Waals surface area contributed by atoms with E-state index in [0.717, 1.165) is 22.3 Å². The van der Waals surface area contributed by atoms with Gasteiger partial charge in [-0.15, -0.1) is 0 Å². The Kier molecular flexibility index (Phi) is 4.59. The molecule has 0 bridgehead atoms. The number of allylic oxidation sites excluding steroid dienone is 2. The lowest BCUT2D eigenvalue weighted by Gasteiger charge is -2.30. The van der Waals surface area contributed by atoms with E-state index in [4.69, 9.17) is 18.9 Å². The average Bonchev–Trinajstić information content (AvgIpc) is 3.09. The third-order valence-electron chi connectivity index (χ3n) is 6.29. The first-order valence-electron chi connectivity index (χ1n) is 10.8. The largest absolute Gasteiger partial charge is 0.507 e. The zero-order valence-corrected chi connectivity index (χ0v) is 19.0. The fourth-order valence-corrected chi connectivity index (χ4v) is 4.72. The zero-order valence-electron chi connectivity index (χ0n) is 19.0. The molecule has 5 rings (SSSR count). The van der Waals surface area contributed by atoms with Gasteiger partial charge < -0.3 is 29.2 Å². The van der Waals surface area contributed by atoms with E-state index in [1.807, 2.05) is 45.9 Å². The normalized spacial score (nSPS) is 21.2. The van der Waals surface area contributed by atoms with Crippen molar-refractivity contribution in [3.8, 4) is 34.5 Å². The second-order valence-electron chi connectivity index (χ2n) is 9.36. The number of benzene rings is 2. The molecule has 2 atom stereocenters. The Bertz CT molecular complexity index is 1170. The van der Waals surface area contributed by atoms with Crippen molar-refractivity contribution in [1.29, 1.82) is 0 Å². The topological polar surface area (TPSA) is 77.4 Å².